The highest BCUT2D eigenvalue weighted by Crippen LogP contribution is 2.34. The van der Waals surface area contributed by atoms with Crippen molar-refractivity contribution in [2.75, 3.05) is 13.1 Å². The molecule has 2 fully saturated rings. The second-order valence-electron chi connectivity index (χ2n) is 6.99. The Morgan fingerprint density at radius 3 is 2.35 bits per heavy atom. The third-order valence-electron chi connectivity index (χ3n) is 5.41. The van der Waals surface area contributed by atoms with E-state index in [0.717, 1.165) is 44.1 Å². The summed E-state index contributed by atoms with van der Waals surface area (Å²) < 4.78 is 0. The molecule has 1 heterocycles. The van der Waals surface area contributed by atoms with Crippen LogP contribution < -0.4 is 5.73 Å². The van der Waals surface area contributed by atoms with Crippen molar-refractivity contribution in [1.29, 1.82) is 0 Å². The first-order chi connectivity index (χ1) is 11.0. The Hall–Kier alpha value is -1.10. The molecular formula is C18H25ClN2O2. The van der Waals surface area contributed by atoms with E-state index in [1.807, 2.05) is 17.0 Å². The number of halogens is 1. The molecule has 23 heavy (non-hydrogen) atoms. The van der Waals surface area contributed by atoms with Crippen LogP contribution in [0.4, 0.5) is 0 Å². The van der Waals surface area contributed by atoms with Crippen LogP contribution in [0.25, 0.3) is 0 Å². The molecule has 0 spiro atoms. The van der Waals surface area contributed by atoms with Crippen LogP contribution in [0.15, 0.2) is 24.3 Å². The number of nitrogens with two attached hydrogens (primary N) is 1. The van der Waals surface area contributed by atoms with Crippen molar-refractivity contribution in [3.05, 3.63) is 34.9 Å². The topological polar surface area (TPSA) is 66.6 Å². The highest BCUT2D eigenvalue weighted by Gasteiger charge is 2.41. The number of carbonyl (C=O) groups excluding carboxylic acids is 1. The number of hydrogen-bond acceptors (Lipinski definition) is 3. The molecule has 1 saturated carbocycles. The number of benzene rings is 1. The summed E-state index contributed by atoms with van der Waals surface area (Å²) in [6.45, 7) is 1.38. The van der Waals surface area contributed by atoms with Crippen molar-refractivity contribution >= 4 is 17.5 Å². The molecule has 0 radical (unpaired) electrons. The Morgan fingerprint density at radius 2 is 1.78 bits per heavy atom. The molecule has 1 saturated heterocycles. The number of amides is 1. The van der Waals surface area contributed by atoms with Gasteiger partial charge in [-0.15, -0.1) is 0 Å². The standard InChI is InChI=1S/C18H25ClN2O2/c19-15-5-3-13(4-6-15)16(22)14-7-11-21(12-8-14)17(23)18(20)9-1-2-10-18/h3-6,14,16,22H,1-2,7-12,20H2. The highest BCUT2D eigenvalue weighted by molar-refractivity contribution is 6.30. The minimum atomic E-state index is -0.637. The number of likely N-dealkylation sites (tertiary alicyclic amines) is 1. The van der Waals surface area contributed by atoms with E-state index in [2.05, 4.69) is 0 Å². The molecule has 0 aromatic heterocycles. The summed E-state index contributed by atoms with van der Waals surface area (Å²) in [6, 6.07) is 7.35. The fraction of sp³-hybridized carbons (Fsp3) is 0.611. The maximum absolute atomic E-state index is 12.6. The molecule has 0 bridgehead atoms. The van der Waals surface area contributed by atoms with Gasteiger partial charge in [0.05, 0.1) is 11.6 Å². The van der Waals surface area contributed by atoms with Crippen LogP contribution in [0, 0.1) is 5.92 Å². The number of aliphatic hydroxyl groups excluding tert-OH is 1. The van der Waals surface area contributed by atoms with E-state index >= 15 is 0 Å². The first-order valence-electron chi connectivity index (χ1n) is 8.51. The van der Waals surface area contributed by atoms with Crippen LogP contribution >= 0.6 is 11.6 Å². The van der Waals surface area contributed by atoms with E-state index in [-0.39, 0.29) is 11.8 Å². The van der Waals surface area contributed by atoms with Crippen molar-refractivity contribution in [2.45, 2.75) is 50.2 Å². The largest absolute Gasteiger partial charge is 0.388 e. The molecule has 3 N–H and O–H groups in total. The second kappa shape index (κ2) is 6.80. The van der Waals surface area contributed by atoms with E-state index in [9.17, 15) is 9.90 Å². The van der Waals surface area contributed by atoms with Gasteiger partial charge in [0.1, 0.15) is 0 Å². The summed E-state index contributed by atoms with van der Waals surface area (Å²) in [5.74, 6) is 0.284. The van der Waals surface area contributed by atoms with E-state index in [0.29, 0.717) is 18.1 Å². The van der Waals surface area contributed by atoms with E-state index in [1.165, 1.54) is 0 Å². The van der Waals surface area contributed by atoms with Crippen molar-refractivity contribution in [1.82, 2.24) is 4.90 Å². The predicted octanol–water partition coefficient (Wildman–Crippen LogP) is 2.88. The normalized spacial score (nSPS) is 23.0. The Labute approximate surface area is 142 Å². The fourth-order valence-corrected chi connectivity index (χ4v) is 4.01. The fourth-order valence-electron chi connectivity index (χ4n) is 3.89. The maximum atomic E-state index is 12.6. The predicted molar refractivity (Wildman–Crippen MR) is 91.1 cm³/mol. The molecule has 1 amide bonds. The van der Waals surface area contributed by atoms with Gasteiger partial charge < -0.3 is 15.7 Å². The molecule has 1 aliphatic heterocycles. The molecule has 1 aromatic rings. The van der Waals surface area contributed by atoms with Gasteiger partial charge in [0.2, 0.25) is 5.91 Å². The molecular weight excluding hydrogens is 312 g/mol. The van der Waals surface area contributed by atoms with Gasteiger partial charge in [-0.3, -0.25) is 4.79 Å². The lowest BCUT2D eigenvalue weighted by Gasteiger charge is -2.38. The first-order valence-corrected chi connectivity index (χ1v) is 8.89. The number of piperidine rings is 1. The molecule has 2 aliphatic rings. The number of aliphatic hydroxyl groups is 1. The van der Waals surface area contributed by atoms with Crippen LogP contribution in [0.2, 0.25) is 5.02 Å². The van der Waals surface area contributed by atoms with Gasteiger partial charge in [-0.05, 0) is 49.3 Å². The van der Waals surface area contributed by atoms with Crippen molar-refractivity contribution in [3.8, 4) is 0 Å². The van der Waals surface area contributed by atoms with Gasteiger partial charge in [0.25, 0.3) is 0 Å². The number of hydrogen-bond donors (Lipinski definition) is 2. The average Bonchev–Trinajstić information content (AvgIpc) is 3.02. The van der Waals surface area contributed by atoms with Crippen LogP contribution in [-0.2, 0) is 4.79 Å². The lowest BCUT2D eigenvalue weighted by Crippen LogP contribution is -2.55. The number of rotatable bonds is 3. The van der Waals surface area contributed by atoms with Crippen LogP contribution in [0.3, 0.4) is 0 Å². The molecule has 1 aliphatic carbocycles. The molecule has 1 aromatic carbocycles. The summed E-state index contributed by atoms with van der Waals surface area (Å²) in [5, 5.41) is 11.2. The summed E-state index contributed by atoms with van der Waals surface area (Å²) in [7, 11) is 0. The van der Waals surface area contributed by atoms with Gasteiger partial charge in [-0.25, -0.2) is 0 Å². The molecule has 3 rings (SSSR count). The Kier molecular flexibility index (Phi) is 4.95. The number of carbonyl (C=O) groups is 1. The van der Waals surface area contributed by atoms with Crippen LogP contribution in [0.5, 0.6) is 0 Å². The maximum Gasteiger partial charge on any atom is 0.242 e. The average molecular weight is 337 g/mol. The third kappa shape index (κ3) is 3.54. The molecule has 126 valence electrons. The summed E-state index contributed by atoms with van der Waals surface area (Å²) in [6.07, 6.45) is 4.83. The lowest BCUT2D eigenvalue weighted by atomic mass is 9.86. The third-order valence-corrected chi connectivity index (χ3v) is 5.66. The summed E-state index contributed by atoms with van der Waals surface area (Å²) in [4.78, 5) is 14.5. The SMILES string of the molecule is NC1(C(=O)N2CCC(C(O)c3ccc(Cl)cc3)CC2)CCCC1. The van der Waals surface area contributed by atoms with Gasteiger partial charge >= 0.3 is 0 Å². The molecule has 1 atom stereocenters. The zero-order chi connectivity index (χ0) is 16.4. The summed E-state index contributed by atoms with van der Waals surface area (Å²) in [5.41, 5.74) is 6.54. The minimum Gasteiger partial charge on any atom is -0.388 e. The zero-order valence-electron chi connectivity index (χ0n) is 13.4. The summed E-state index contributed by atoms with van der Waals surface area (Å²) >= 11 is 5.89. The molecule has 1 unspecified atom stereocenters. The smallest absolute Gasteiger partial charge is 0.242 e. The first kappa shape index (κ1) is 16.7. The Bertz CT molecular complexity index is 547. The van der Waals surface area contributed by atoms with Crippen LogP contribution in [-0.4, -0.2) is 34.5 Å². The molecule has 4 nitrogen and oxygen atoms in total. The Balaban J connectivity index is 1.57. The van der Waals surface area contributed by atoms with Crippen molar-refractivity contribution in [2.24, 2.45) is 11.7 Å². The van der Waals surface area contributed by atoms with Crippen LogP contribution in [0.1, 0.15) is 50.2 Å². The highest BCUT2D eigenvalue weighted by atomic mass is 35.5. The van der Waals surface area contributed by atoms with E-state index in [4.69, 9.17) is 17.3 Å². The van der Waals surface area contributed by atoms with Crippen molar-refractivity contribution < 1.29 is 9.90 Å². The number of nitrogens with zero attached hydrogens (tertiary/aromatic N) is 1. The van der Waals surface area contributed by atoms with Gasteiger partial charge in [-0.1, -0.05) is 36.6 Å². The van der Waals surface area contributed by atoms with Crippen molar-refractivity contribution in [3.63, 3.8) is 0 Å². The van der Waals surface area contributed by atoms with E-state index in [1.54, 1.807) is 12.1 Å². The molecule has 5 heteroatoms. The minimum absolute atomic E-state index is 0.106. The monoisotopic (exact) mass is 336 g/mol. The Morgan fingerprint density at radius 1 is 1.22 bits per heavy atom. The lowest BCUT2D eigenvalue weighted by molar-refractivity contribution is -0.138. The van der Waals surface area contributed by atoms with Gasteiger partial charge in [0.15, 0.2) is 0 Å². The quantitative estimate of drug-likeness (QED) is 0.892. The van der Waals surface area contributed by atoms with E-state index < -0.39 is 11.6 Å². The second-order valence-corrected chi connectivity index (χ2v) is 7.43. The zero-order valence-corrected chi connectivity index (χ0v) is 14.1. The van der Waals surface area contributed by atoms with Gasteiger partial charge in [-0.2, -0.15) is 0 Å². The van der Waals surface area contributed by atoms with Gasteiger partial charge in [0, 0.05) is 18.1 Å².